The molecule has 1 aliphatic carbocycles. The van der Waals surface area contributed by atoms with Crippen molar-refractivity contribution in [2.75, 3.05) is 20.3 Å². The molecule has 0 heterocycles. The Bertz CT molecular complexity index is 164. The largest absolute Gasteiger partial charge is 0.381 e. The zero-order chi connectivity index (χ0) is 11.8. The summed E-state index contributed by atoms with van der Waals surface area (Å²) in [6.07, 6.45) is 8.21. The van der Waals surface area contributed by atoms with Crippen molar-refractivity contribution in [3.63, 3.8) is 0 Å². The highest BCUT2D eigenvalue weighted by atomic mass is 16.5. The molecule has 96 valence electrons. The highest BCUT2D eigenvalue weighted by Gasteiger charge is 2.22. The summed E-state index contributed by atoms with van der Waals surface area (Å²) in [6, 6.07) is 0.727. The van der Waals surface area contributed by atoms with Crippen molar-refractivity contribution in [1.82, 2.24) is 5.32 Å². The molecule has 0 aromatic rings. The second-order valence-corrected chi connectivity index (χ2v) is 5.55. The molecule has 1 rings (SSSR count). The summed E-state index contributed by atoms with van der Waals surface area (Å²) in [6.45, 7) is 6.25. The molecule has 0 spiro atoms. The predicted octanol–water partition coefficient (Wildman–Crippen LogP) is 3.22. The molecule has 1 aliphatic rings. The van der Waals surface area contributed by atoms with E-state index in [2.05, 4.69) is 26.2 Å². The van der Waals surface area contributed by atoms with Crippen LogP contribution in [0.15, 0.2) is 0 Å². The first-order valence-corrected chi connectivity index (χ1v) is 6.99. The fourth-order valence-electron chi connectivity index (χ4n) is 2.70. The third-order valence-electron chi connectivity index (χ3n) is 3.59. The molecule has 1 atom stereocenters. The van der Waals surface area contributed by atoms with E-state index in [4.69, 9.17) is 4.74 Å². The van der Waals surface area contributed by atoms with Gasteiger partial charge in [-0.15, -0.1) is 0 Å². The average molecular weight is 227 g/mol. The topological polar surface area (TPSA) is 21.3 Å². The number of rotatable bonds is 8. The Hall–Kier alpha value is -0.0800. The Labute approximate surface area is 101 Å². The van der Waals surface area contributed by atoms with Crippen LogP contribution in [-0.2, 0) is 4.74 Å². The summed E-state index contributed by atoms with van der Waals surface area (Å²) in [5.41, 5.74) is 0. The summed E-state index contributed by atoms with van der Waals surface area (Å²) in [5.74, 6) is 1.59. The zero-order valence-electron chi connectivity index (χ0n) is 11.3. The second-order valence-electron chi connectivity index (χ2n) is 5.55. The minimum Gasteiger partial charge on any atom is -0.381 e. The van der Waals surface area contributed by atoms with Crippen LogP contribution in [0.3, 0.4) is 0 Å². The fourth-order valence-corrected chi connectivity index (χ4v) is 2.70. The SMILES string of the molecule is CNC(CCCOCC(C)C)C1CCCC1. The third kappa shape index (κ3) is 5.31. The van der Waals surface area contributed by atoms with Gasteiger partial charge in [0.1, 0.15) is 0 Å². The average Bonchev–Trinajstić information content (AvgIpc) is 2.76. The summed E-state index contributed by atoms with van der Waals surface area (Å²) in [5, 5.41) is 3.49. The van der Waals surface area contributed by atoms with Crippen LogP contribution in [0.5, 0.6) is 0 Å². The van der Waals surface area contributed by atoms with Gasteiger partial charge in [0.05, 0.1) is 0 Å². The zero-order valence-corrected chi connectivity index (χ0v) is 11.3. The van der Waals surface area contributed by atoms with Crippen LogP contribution in [0.25, 0.3) is 0 Å². The molecule has 0 bridgehead atoms. The van der Waals surface area contributed by atoms with Crippen molar-refractivity contribution < 1.29 is 4.74 Å². The molecule has 2 nitrogen and oxygen atoms in total. The highest BCUT2D eigenvalue weighted by molar-refractivity contribution is 4.79. The van der Waals surface area contributed by atoms with Gasteiger partial charge in [0, 0.05) is 19.3 Å². The lowest BCUT2D eigenvalue weighted by Gasteiger charge is -2.22. The van der Waals surface area contributed by atoms with Gasteiger partial charge in [-0.05, 0) is 44.6 Å². The molecule has 2 heteroatoms. The number of nitrogens with one attached hydrogen (secondary N) is 1. The van der Waals surface area contributed by atoms with Crippen molar-refractivity contribution in [1.29, 1.82) is 0 Å². The molecule has 1 fully saturated rings. The first kappa shape index (κ1) is 14.0. The van der Waals surface area contributed by atoms with E-state index in [-0.39, 0.29) is 0 Å². The lowest BCUT2D eigenvalue weighted by Crippen LogP contribution is -2.32. The van der Waals surface area contributed by atoms with Gasteiger partial charge in [-0.3, -0.25) is 0 Å². The number of hydrogen-bond acceptors (Lipinski definition) is 2. The van der Waals surface area contributed by atoms with Gasteiger partial charge in [0.2, 0.25) is 0 Å². The normalized spacial score (nSPS) is 19.5. The van der Waals surface area contributed by atoms with Gasteiger partial charge in [0.15, 0.2) is 0 Å². The van der Waals surface area contributed by atoms with Crippen molar-refractivity contribution in [2.45, 2.75) is 58.4 Å². The van der Waals surface area contributed by atoms with E-state index >= 15 is 0 Å². The van der Waals surface area contributed by atoms with Gasteiger partial charge in [-0.1, -0.05) is 26.7 Å². The van der Waals surface area contributed by atoms with E-state index in [1.165, 1.54) is 38.5 Å². The number of ether oxygens (including phenoxy) is 1. The Kier molecular flexibility index (Phi) is 7.06. The van der Waals surface area contributed by atoms with Gasteiger partial charge < -0.3 is 10.1 Å². The summed E-state index contributed by atoms with van der Waals surface area (Å²) in [4.78, 5) is 0. The van der Waals surface area contributed by atoms with Crippen LogP contribution in [0, 0.1) is 11.8 Å². The molecule has 0 saturated heterocycles. The first-order chi connectivity index (χ1) is 7.74. The van der Waals surface area contributed by atoms with Gasteiger partial charge in [-0.2, -0.15) is 0 Å². The number of hydrogen-bond donors (Lipinski definition) is 1. The molecule has 0 aromatic carbocycles. The molecule has 1 saturated carbocycles. The lowest BCUT2D eigenvalue weighted by atomic mass is 9.94. The van der Waals surface area contributed by atoms with E-state index in [1.54, 1.807) is 0 Å². The highest BCUT2D eigenvalue weighted by Crippen LogP contribution is 2.29. The van der Waals surface area contributed by atoms with Crippen LogP contribution in [0.4, 0.5) is 0 Å². The van der Waals surface area contributed by atoms with Gasteiger partial charge in [0.25, 0.3) is 0 Å². The maximum absolute atomic E-state index is 5.62. The van der Waals surface area contributed by atoms with E-state index in [1.807, 2.05) is 0 Å². The lowest BCUT2D eigenvalue weighted by molar-refractivity contribution is 0.103. The van der Waals surface area contributed by atoms with Crippen LogP contribution in [-0.4, -0.2) is 26.3 Å². The van der Waals surface area contributed by atoms with E-state index in [0.717, 1.165) is 25.2 Å². The predicted molar refractivity (Wildman–Crippen MR) is 69.7 cm³/mol. The van der Waals surface area contributed by atoms with Gasteiger partial charge >= 0.3 is 0 Å². The Morgan fingerprint density at radius 2 is 1.94 bits per heavy atom. The van der Waals surface area contributed by atoms with Crippen molar-refractivity contribution >= 4 is 0 Å². The molecule has 16 heavy (non-hydrogen) atoms. The molecule has 1 unspecified atom stereocenters. The Morgan fingerprint density at radius 3 is 2.50 bits per heavy atom. The minimum atomic E-state index is 0.662. The van der Waals surface area contributed by atoms with E-state index in [0.29, 0.717) is 5.92 Å². The standard InChI is InChI=1S/C14H29NO/c1-12(2)11-16-10-6-9-14(15-3)13-7-4-5-8-13/h12-15H,4-11H2,1-3H3. The molecule has 1 N–H and O–H groups in total. The van der Waals surface area contributed by atoms with Crippen molar-refractivity contribution in [3.05, 3.63) is 0 Å². The molecule has 0 amide bonds. The van der Waals surface area contributed by atoms with Crippen molar-refractivity contribution in [2.24, 2.45) is 11.8 Å². The quantitative estimate of drug-likeness (QED) is 0.643. The Morgan fingerprint density at radius 1 is 1.25 bits per heavy atom. The van der Waals surface area contributed by atoms with E-state index < -0.39 is 0 Å². The molecule has 0 aliphatic heterocycles. The van der Waals surface area contributed by atoms with Crippen LogP contribution in [0.1, 0.15) is 52.4 Å². The van der Waals surface area contributed by atoms with Crippen LogP contribution >= 0.6 is 0 Å². The molecular formula is C14H29NO. The molecular weight excluding hydrogens is 198 g/mol. The second kappa shape index (κ2) is 8.08. The van der Waals surface area contributed by atoms with Crippen LogP contribution in [0.2, 0.25) is 0 Å². The maximum Gasteiger partial charge on any atom is 0.0488 e. The monoisotopic (exact) mass is 227 g/mol. The fraction of sp³-hybridized carbons (Fsp3) is 1.00. The molecule has 0 radical (unpaired) electrons. The first-order valence-electron chi connectivity index (χ1n) is 6.99. The minimum absolute atomic E-state index is 0.662. The molecule has 0 aromatic heterocycles. The third-order valence-corrected chi connectivity index (χ3v) is 3.59. The summed E-state index contributed by atoms with van der Waals surface area (Å²) >= 11 is 0. The Balaban J connectivity index is 2.04. The van der Waals surface area contributed by atoms with E-state index in [9.17, 15) is 0 Å². The smallest absolute Gasteiger partial charge is 0.0488 e. The van der Waals surface area contributed by atoms with Gasteiger partial charge in [-0.25, -0.2) is 0 Å². The van der Waals surface area contributed by atoms with Crippen molar-refractivity contribution in [3.8, 4) is 0 Å². The van der Waals surface area contributed by atoms with Crippen LogP contribution < -0.4 is 5.32 Å². The maximum atomic E-state index is 5.62. The summed E-state index contributed by atoms with van der Waals surface area (Å²) in [7, 11) is 2.11. The summed E-state index contributed by atoms with van der Waals surface area (Å²) < 4.78 is 5.62.